The predicted octanol–water partition coefficient (Wildman–Crippen LogP) is 2.98. The average molecular weight is 405 g/mol. The van der Waals surface area contributed by atoms with E-state index in [9.17, 15) is 14.0 Å². The van der Waals surface area contributed by atoms with Gasteiger partial charge in [0.15, 0.2) is 0 Å². The first-order chi connectivity index (χ1) is 14.4. The molecule has 0 saturated heterocycles. The molecule has 6 rings (SSSR count). The van der Waals surface area contributed by atoms with E-state index < -0.39 is 5.92 Å². The molecule has 0 fully saturated rings. The molecule has 2 aromatic heterocycles. The van der Waals surface area contributed by atoms with Crippen molar-refractivity contribution >= 4 is 16.9 Å². The monoisotopic (exact) mass is 405 g/mol. The van der Waals surface area contributed by atoms with E-state index in [4.69, 9.17) is 15.5 Å². The van der Waals surface area contributed by atoms with Crippen molar-refractivity contribution in [3.05, 3.63) is 61.7 Å². The Kier molecular flexibility index (Phi) is 3.41. The number of nitrogens with two attached hydrogens (primary N) is 1. The number of carbonyl (C=O) groups excluding carboxylic acids is 1. The number of fused-ring (bicyclic) bond motifs is 5. The van der Waals surface area contributed by atoms with Gasteiger partial charge in [-0.1, -0.05) is 0 Å². The summed E-state index contributed by atoms with van der Waals surface area (Å²) in [5.41, 5.74) is 13.0. The molecule has 2 unspecified atom stereocenters. The van der Waals surface area contributed by atoms with Gasteiger partial charge in [0, 0.05) is 23.1 Å². The first-order valence-electron chi connectivity index (χ1n) is 10.2. The molecule has 0 amide bonds. The standard InChI is InChI=1S/C23H20FN3O3/c1-9-11-3-4-16(25)19-13-7-27-18(21(13)26-17(20(11)19)6-15(9)24)5-12-10(2)23(29)30-8-14(12)22(27)28/h5-6,10,16H,3-4,7-8,25H2,1-2H3. The Morgan fingerprint density at radius 3 is 2.83 bits per heavy atom. The van der Waals surface area contributed by atoms with Gasteiger partial charge in [-0.15, -0.1) is 0 Å². The lowest BCUT2D eigenvalue weighted by molar-refractivity contribution is -0.147. The van der Waals surface area contributed by atoms with E-state index in [2.05, 4.69) is 0 Å². The number of pyridine rings is 2. The van der Waals surface area contributed by atoms with Gasteiger partial charge in [-0.25, -0.2) is 9.37 Å². The van der Waals surface area contributed by atoms with Gasteiger partial charge in [0.25, 0.3) is 5.56 Å². The Balaban J connectivity index is 1.70. The quantitative estimate of drug-likeness (QED) is 0.455. The molecular formula is C23H20FN3O3. The third-order valence-electron chi connectivity index (χ3n) is 6.99. The van der Waals surface area contributed by atoms with Crippen LogP contribution in [0.25, 0.3) is 22.3 Å². The van der Waals surface area contributed by atoms with E-state index in [1.807, 2.05) is 6.07 Å². The summed E-state index contributed by atoms with van der Waals surface area (Å²) in [6.07, 6.45) is 1.44. The van der Waals surface area contributed by atoms with Gasteiger partial charge in [0.2, 0.25) is 0 Å². The number of aromatic nitrogens is 2. The van der Waals surface area contributed by atoms with Crippen molar-refractivity contribution in [1.82, 2.24) is 9.55 Å². The maximum absolute atomic E-state index is 14.6. The van der Waals surface area contributed by atoms with Crippen molar-refractivity contribution in [2.75, 3.05) is 0 Å². The zero-order chi connectivity index (χ0) is 20.9. The van der Waals surface area contributed by atoms with E-state index in [0.29, 0.717) is 46.6 Å². The zero-order valence-corrected chi connectivity index (χ0v) is 16.7. The van der Waals surface area contributed by atoms with Crippen LogP contribution in [-0.2, 0) is 29.1 Å². The second kappa shape index (κ2) is 5.76. The Labute approximate surface area is 171 Å². The second-order valence-electron chi connectivity index (χ2n) is 8.54. The molecule has 2 atom stereocenters. The molecule has 3 aliphatic rings. The fraction of sp³-hybridized carbons (Fsp3) is 0.348. The van der Waals surface area contributed by atoms with Crippen LogP contribution < -0.4 is 11.3 Å². The predicted molar refractivity (Wildman–Crippen MR) is 109 cm³/mol. The minimum Gasteiger partial charge on any atom is -0.460 e. The summed E-state index contributed by atoms with van der Waals surface area (Å²) in [7, 11) is 0. The van der Waals surface area contributed by atoms with Crippen LogP contribution in [0.15, 0.2) is 16.9 Å². The molecule has 0 bridgehead atoms. The van der Waals surface area contributed by atoms with Crippen molar-refractivity contribution < 1.29 is 13.9 Å². The highest BCUT2D eigenvalue weighted by molar-refractivity contribution is 5.93. The summed E-state index contributed by atoms with van der Waals surface area (Å²) in [4.78, 5) is 30.1. The number of halogens is 1. The number of ether oxygens (including phenoxy) is 1. The molecule has 1 aliphatic carbocycles. The molecule has 3 aromatic rings. The van der Waals surface area contributed by atoms with Gasteiger partial charge in [-0.2, -0.15) is 0 Å². The molecule has 6 nitrogen and oxygen atoms in total. The minimum atomic E-state index is -0.510. The number of cyclic esters (lactones) is 1. The van der Waals surface area contributed by atoms with E-state index in [-0.39, 0.29) is 30.0 Å². The number of hydrogen-bond donors (Lipinski definition) is 1. The number of nitrogens with zero attached hydrogens (tertiary/aromatic N) is 2. The SMILES string of the molecule is Cc1c(F)cc2nc3c(c4c2c1CCC4N)Cn1c-3cc2c(c1=O)COC(=O)C2C. The van der Waals surface area contributed by atoms with Gasteiger partial charge in [-0.05, 0) is 55.0 Å². The molecule has 0 saturated carbocycles. The molecule has 0 radical (unpaired) electrons. The molecule has 7 heteroatoms. The fourth-order valence-corrected chi connectivity index (χ4v) is 5.33. The van der Waals surface area contributed by atoms with Crippen LogP contribution in [0, 0.1) is 12.7 Å². The molecule has 1 aromatic carbocycles. The highest BCUT2D eigenvalue weighted by Crippen LogP contribution is 2.44. The van der Waals surface area contributed by atoms with Gasteiger partial charge in [0.1, 0.15) is 12.4 Å². The normalized spacial score (nSPS) is 21.3. The molecular weight excluding hydrogens is 385 g/mol. The summed E-state index contributed by atoms with van der Waals surface area (Å²) in [5.74, 6) is -1.12. The second-order valence-corrected chi connectivity index (χ2v) is 8.54. The Morgan fingerprint density at radius 1 is 1.23 bits per heavy atom. The van der Waals surface area contributed by atoms with Crippen LogP contribution in [0.5, 0.6) is 0 Å². The molecule has 30 heavy (non-hydrogen) atoms. The van der Waals surface area contributed by atoms with Crippen molar-refractivity contribution in [3.63, 3.8) is 0 Å². The van der Waals surface area contributed by atoms with Crippen LogP contribution >= 0.6 is 0 Å². The number of esters is 1. The third-order valence-corrected chi connectivity index (χ3v) is 6.99. The smallest absolute Gasteiger partial charge is 0.313 e. The summed E-state index contributed by atoms with van der Waals surface area (Å²) in [5, 5.41) is 0.934. The summed E-state index contributed by atoms with van der Waals surface area (Å²) >= 11 is 0. The van der Waals surface area contributed by atoms with Crippen LogP contribution in [0.4, 0.5) is 4.39 Å². The Morgan fingerprint density at radius 2 is 2.03 bits per heavy atom. The van der Waals surface area contributed by atoms with E-state index in [1.165, 1.54) is 6.07 Å². The van der Waals surface area contributed by atoms with Crippen LogP contribution in [0.3, 0.4) is 0 Å². The van der Waals surface area contributed by atoms with Crippen LogP contribution in [0.2, 0.25) is 0 Å². The zero-order valence-electron chi connectivity index (χ0n) is 16.7. The maximum Gasteiger partial charge on any atom is 0.313 e. The first kappa shape index (κ1) is 17.8. The average Bonchev–Trinajstić information content (AvgIpc) is 3.09. The Hall–Kier alpha value is -3.06. The number of benzene rings is 1. The molecule has 152 valence electrons. The largest absolute Gasteiger partial charge is 0.460 e. The Bertz CT molecular complexity index is 1380. The van der Waals surface area contributed by atoms with Gasteiger partial charge < -0.3 is 15.0 Å². The third kappa shape index (κ3) is 2.08. The van der Waals surface area contributed by atoms with E-state index in [0.717, 1.165) is 28.5 Å². The highest BCUT2D eigenvalue weighted by atomic mass is 19.1. The topological polar surface area (TPSA) is 87.2 Å². The summed E-state index contributed by atoms with van der Waals surface area (Å²) < 4.78 is 21.5. The van der Waals surface area contributed by atoms with Crippen molar-refractivity contribution in [3.8, 4) is 11.4 Å². The van der Waals surface area contributed by atoms with Gasteiger partial charge in [0.05, 0.1) is 34.9 Å². The first-order valence-corrected chi connectivity index (χ1v) is 10.2. The van der Waals surface area contributed by atoms with Crippen molar-refractivity contribution in [2.45, 2.75) is 51.8 Å². The van der Waals surface area contributed by atoms with E-state index >= 15 is 0 Å². The van der Waals surface area contributed by atoms with Crippen LogP contribution in [-0.4, -0.2) is 15.5 Å². The summed E-state index contributed by atoms with van der Waals surface area (Å²) in [6, 6.07) is 3.15. The molecule has 4 heterocycles. The van der Waals surface area contributed by atoms with Gasteiger partial charge >= 0.3 is 5.97 Å². The fourth-order valence-electron chi connectivity index (χ4n) is 5.33. The molecule has 2 aliphatic heterocycles. The van der Waals surface area contributed by atoms with Crippen LogP contribution in [0.1, 0.15) is 58.7 Å². The highest BCUT2D eigenvalue weighted by Gasteiger charge is 2.35. The summed E-state index contributed by atoms with van der Waals surface area (Å²) in [6.45, 7) is 3.90. The number of rotatable bonds is 0. The maximum atomic E-state index is 14.6. The lowest BCUT2D eigenvalue weighted by atomic mass is 9.82. The van der Waals surface area contributed by atoms with Crippen molar-refractivity contribution in [1.29, 1.82) is 0 Å². The number of aryl methyl sites for hydroxylation is 1. The van der Waals surface area contributed by atoms with Gasteiger partial charge in [-0.3, -0.25) is 9.59 Å². The van der Waals surface area contributed by atoms with E-state index in [1.54, 1.807) is 18.4 Å². The number of hydrogen-bond acceptors (Lipinski definition) is 5. The molecule has 0 spiro atoms. The minimum absolute atomic E-state index is 0.00963. The van der Waals surface area contributed by atoms with Crippen molar-refractivity contribution in [2.24, 2.45) is 5.73 Å². The lowest BCUT2D eigenvalue weighted by Crippen LogP contribution is -2.31. The number of carbonyl (C=O) groups is 1. The molecule has 2 N–H and O–H groups in total. The lowest BCUT2D eigenvalue weighted by Gasteiger charge is -2.26.